The summed E-state index contributed by atoms with van der Waals surface area (Å²) < 4.78 is 0. The van der Waals surface area contributed by atoms with Crippen molar-refractivity contribution in [1.29, 1.82) is 0 Å². The Morgan fingerprint density at radius 1 is 1.20 bits per heavy atom. The topological polar surface area (TPSA) is 40.5 Å². The standard InChI is InChI=1S/C7H6O2.C5H13N/c8-7(9)6-4-2-1-3-5-6;1-4-6(3)5-2/h1-5H,(H,8,9);4-5H2,1-3H3. The lowest BCUT2D eigenvalue weighted by Gasteiger charge is -2.07. The highest BCUT2D eigenvalue weighted by molar-refractivity contribution is 5.87. The summed E-state index contributed by atoms with van der Waals surface area (Å²) in [6.07, 6.45) is 0. The molecule has 0 heterocycles. The summed E-state index contributed by atoms with van der Waals surface area (Å²) in [6, 6.07) is 8.30. The molecule has 0 saturated heterocycles. The van der Waals surface area contributed by atoms with Crippen LogP contribution in [0.4, 0.5) is 0 Å². The molecular formula is C12H19NO2. The molecule has 84 valence electrons. The number of aromatic carboxylic acids is 1. The van der Waals surface area contributed by atoms with E-state index in [1.807, 2.05) is 0 Å². The lowest BCUT2D eigenvalue weighted by Crippen LogP contribution is -2.15. The van der Waals surface area contributed by atoms with Crippen LogP contribution >= 0.6 is 0 Å². The molecule has 0 aliphatic rings. The maximum Gasteiger partial charge on any atom is 0.335 e. The lowest BCUT2D eigenvalue weighted by molar-refractivity contribution is 0.0697. The van der Waals surface area contributed by atoms with E-state index in [9.17, 15) is 4.79 Å². The van der Waals surface area contributed by atoms with Gasteiger partial charge in [0.1, 0.15) is 0 Å². The molecule has 0 amide bonds. The molecule has 0 bridgehead atoms. The minimum atomic E-state index is -0.879. The quantitative estimate of drug-likeness (QED) is 0.830. The van der Waals surface area contributed by atoms with Crippen molar-refractivity contribution in [2.75, 3.05) is 20.1 Å². The molecule has 0 spiro atoms. The molecular weight excluding hydrogens is 190 g/mol. The maximum absolute atomic E-state index is 10.2. The van der Waals surface area contributed by atoms with Crippen molar-refractivity contribution in [3.8, 4) is 0 Å². The van der Waals surface area contributed by atoms with Gasteiger partial charge in [0, 0.05) is 0 Å². The molecule has 3 nitrogen and oxygen atoms in total. The third-order valence-electron chi connectivity index (χ3n) is 2.10. The zero-order valence-electron chi connectivity index (χ0n) is 9.60. The van der Waals surface area contributed by atoms with Crippen LogP contribution in [0.15, 0.2) is 30.3 Å². The van der Waals surface area contributed by atoms with Crippen LogP contribution in [0, 0.1) is 0 Å². The molecule has 0 fully saturated rings. The zero-order chi connectivity index (χ0) is 11.7. The summed E-state index contributed by atoms with van der Waals surface area (Å²) in [6.45, 7) is 6.64. The molecule has 0 radical (unpaired) electrons. The molecule has 1 N–H and O–H groups in total. The summed E-state index contributed by atoms with van der Waals surface area (Å²) in [5, 5.41) is 8.38. The second-order valence-corrected chi connectivity index (χ2v) is 3.16. The number of nitrogens with zero attached hydrogens (tertiary/aromatic N) is 1. The second-order valence-electron chi connectivity index (χ2n) is 3.16. The van der Waals surface area contributed by atoms with Gasteiger partial charge in [-0.05, 0) is 32.3 Å². The molecule has 0 aliphatic carbocycles. The predicted molar refractivity (Wildman–Crippen MR) is 62.2 cm³/mol. The van der Waals surface area contributed by atoms with E-state index in [2.05, 4.69) is 25.8 Å². The number of rotatable bonds is 3. The van der Waals surface area contributed by atoms with Gasteiger partial charge in [0.2, 0.25) is 0 Å². The summed E-state index contributed by atoms with van der Waals surface area (Å²) in [5.41, 5.74) is 0.331. The van der Waals surface area contributed by atoms with Crippen molar-refractivity contribution >= 4 is 5.97 Å². The number of benzene rings is 1. The highest BCUT2D eigenvalue weighted by atomic mass is 16.4. The Kier molecular flexibility index (Phi) is 7.28. The van der Waals surface area contributed by atoms with E-state index in [-0.39, 0.29) is 0 Å². The molecule has 0 aromatic heterocycles. The van der Waals surface area contributed by atoms with Gasteiger partial charge in [-0.3, -0.25) is 0 Å². The van der Waals surface area contributed by atoms with E-state index in [4.69, 9.17) is 5.11 Å². The van der Waals surface area contributed by atoms with Crippen molar-refractivity contribution in [3.63, 3.8) is 0 Å². The van der Waals surface area contributed by atoms with E-state index in [1.165, 1.54) is 0 Å². The molecule has 0 atom stereocenters. The summed E-state index contributed by atoms with van der Waals surface area (Å²) in [5.74, 6) is -0.879. The highest BCUT2D eigenvalue weighted by Crippen LogP contribution is 1.96. The fourth-order valence-electron chi connectivity index (χ4n) is 0.804. The first-order valence-electron chi connectivity index (χ1n) is 5.08. The van der Waals surface area contributed by atoms with Gasteiger partial charge in [0.25, 0.3) is 0 Å². The Hall–Kier alpha value is -1.35. The monoisotopic (exact) mass is 209 g/mol. The van der Waals surface area contributed by atoms with Gasteiger partial charge in [0.05, 0.1) is 5.56 Å². The molecule has 3 heteroatoms. The fourth-order valence-corrected chi connectivity index (χ4v) is 0.804. The number of hydrogen-bond donors (Lipinski definition) is 1. The smallest absolute Gasteiger partial charge is 0.335 e. The van der Waals surface area contributed by atoms with E-state index < -0.39 is 5.97 Å². The van der Waals surface area contributed by atoms with E-state index in [1.54, 1.807) is 30.3 Å². The number of carbonyl (C=O) groups is 1. The van der Waals surface area contributed by atoms with E-state index >= 15 is 0 Å². The first-order chi connectivity index (χ1) is 7.11. The number of carboxylic acid groups (broad SMARTS) is 1. The van der Waals surface area contributed by atoms with Crippen molar-refractivity contribution in [1.82, 2.24) is 4.90 Å². The van der Waals surface area contributed by atoms with Gasteiger partial charge in [-0.25, -0.2) is 4.79 Å². The molecule has 0 unspecified atom stereocenters. The highest BCUT2D eigenvalue weighted by Gasteiger charge is 1.96. The van der Waals surface area contributed by atoms with Crippen LogP contribution in [0.3, 0.4) is 0 Å². The molecule has 0 saturated carbocycles. The third kappa shape index (κ3) is 6.69. The number of hydrogen-bond acceptors (Lipinski definition) is 2. The molecule has 1 aromatic rings. The average Bonchev–Trinajstić information content (AvgIpc) is 2.30. The van der Waals surface area contributed by atoms with Crippen molar-refractivity contribution in [3.05, 3.63) is 35.9 Å². The Labute approximate surface area is 91.3 Å². The zero-order valence-corrected chi connectivity index (χ0v) is 9.60. The van der Waals surface area contributed by atoms with Crippen LogP contribution in [0.25, 0.3) is 0 Å². The van der Waals surface area contributed by atoms with Crippen molar-refractivity contribution in [2.45, 2.75) is 13.8 Å². The Balaban J connectivity index is 0.000000288. The Morgan fingerprint density at radius 3 is 1.87 bits per heavy atom. The van der Waals surface area contributed by atoms with Crippen LogP contribution in [-0.4, -0.2) is 36.1 Å². The first-order valence-corrected chi connectivity index (χ1v) is 5.08. The van der Waals surface area contributed by atoms with E-state index in [0.717, 1.165) is 13.1 Å². The van der Waals surface area contributed by atoms with Crippen LogP contribution in [0.2, 0.25) is 0 Å². The van der Waals surface area contributed by atoms with Gasteiger partial charge < -0.3 is 10.0 Å². The van der Waals surface area contributed by atoms with Crippen LogP contribution < -0.4 is 0 Å². The Morgan fingerprint density at radius 2 is 1.67 bits per heavy atom. The predicted octanol–water partition coefficient (Wildman–Crippen LogP) is 2.34. The molecule has 0 aliphatic heterocycles. The fraction of sp³-hybridized carbons (Fsp3) is 0.417. The Bertz CT molecular complexity index is 268. The minimum Gasteiger partial charge on any atom is -0.478 e. The lowest BCUT2D eigenvalue weighted by atomic mass is 10.2. The van der Waals surface area contributed by atoms with Gasteiger partial charge in [0.15, 0.2) is 0 Å². The maximum atomic E-state index is 10.2. The van der Waals surface area contributed by atoms with Crippen LogP contribution in [0.1, 0.15) is 24.2 Å². The average molecular weight is 209 g/mol. The SMILES string of the molecule is CCN(C)CC.O=C(O)c1ccccc1. The number of carboxylic acids is 1. The second kappa shape index (κ2) is 8.00. The van der Waals surface area contributed by atoms with Crippen molar-refractivity contribution < 1.29 is 9.90 Å². The largest absolute Gasteiger partial charge is 0.478 e. The normalized spacial score (nSPS) is 9.33. The minimum absolute atomic E-state index is 0.331. The molecule has 15 heavy (non-hydrogen) atoms. The summed E-state index contributed by atoms with van der Waals surface area (Å²) >= 11 is 0. The van der Waals surface area contributed by atoms with Crippen LogP contribution in [-0.2, 0) is 0 Å². The first kappa shape index (κ1) is 13.7. The summed E-state index contributed by atoms with van der Waals surface area (Å²) in [4.78, 5) is 12.5. The molecule has 1 rings (SSSR count). The van der Waals surface area contributed by atoms with Gasteiger partial charge in [-0.2, -0.15) is 0 Å². The third-order valence-corrected chi connectivity index (χ3v) is 2.10. The van der Waals surface area contributed by atoms with Gasteiger partial charge in [-0.1, -0.05) is 32.0 Å². The summed E-state index contributed by atoms with van der Waals surface area (Å²) in [7, 11) is 2.11. The van der Waals surface area contributed by atoms with Crippen LogP contribution in [0.5, 0.6) is 0 Å². The van der Waals surface area contributed by atoms with Gasteiger partial charge in [-0.15, -0.1) is 0 Å². The van der Waals surface area contributed by atoms with E-state index in [0.29, 0.717) is 5.56 Å². The van der Waals surface area contributed by atoms with Crippen molar-refractivity contribution in [2.24, 2.45) is 0 Å². The van der Waals surface area contributed by atoms with Gasteiger partial charge >= 0.3 is 5.97 Å². The molecule has 1 aromatic carbocycles.